The Morgan fingerprint density at radius 3 is 2.60 bits per heavy atom. The van der Waals surface area contributed by atoms with Gasteiger partial charge in [0.15, 0.2) is 0 Å². The van der Waals surface area contributed by atoms with Crippen LogP contribution in [-0.4, -0.2) is 16.5 Å². The van der Waals surface area contributed by atoms with Gasteiger partial charge in [-0.2, -0.15) is 8.78 Å². The molecule has 0 saturated heterocycles. The summed E-state index contributed by atoms with van der Waals surface area (Å²) in [6, 6.07) is 5.36. The Kier molecular flexibility index (Phi) is 5.68. The van der Waals surface area contributed by atoms with Crippen LogP contribution in [0.25, 0.3) is 0 Å². The van der Waals surface area contributed by atoms with Gasteiger partial charge < -0.3 is 10.8 Å². The molecular formula is C14H20F2NO2S+. The van der Waals surface area contributed by atoms with Crippen LogP contribution < -0.4 is 5.73 Å². The van der Waals surface area contributed by atoms with Crippen LogP contribution in [0, 0.1) is 0 Å². The summed E-state index contributed by atoms with van der Waals surface area (Å²) in [7, 11) is 0. The molecule has 1 aromatic carbocycles. The van der Waals surface area contributed by atoms with Crippen molar-refractivity contribution in [1.82, 2.24) is 0 Å². The number of benzene rings is 1. The van der Waals surface area contributed by atoms with E-state index in [0.29, 0.717) is 30.1 Å². The molecule has 0 unspecified atom stereocenters. The molecule has 0 heterocycles. The summed E-state index contributed by atoms with van der Waals surface area (Å²) >= 11 is 0.517. The molecule has 0 amide bonds. The van der Waals surface area contributed by atoms with Gasteiger partial charge in [-0.1, -0.05) is 18.2 Å². The second kappa shape index (κ2) is 6.65. The molecule has 3 N–H and O–H groups in total. The fraction of sp³-hybridized carbons (Fsp3) is 0.571. The summed E-state index contributed by atoms with van der Waals surface area (Å²) in [6.07, 6.45) is 1.14. The predicted molar refractivity (Wildman–Crippen MR) is 75.7 cm³/mol. The molecule has 0 saturated carbocycles. The van der Waals surface area contributed by atoms with Crippen molar-refractivity contribution in [3.05, 3.63) is 35.4 Å². The van der Waals surface area contributed by atoms with E-state index in [1.807, 2.05) is 13.8 Å². The number of aliphatic hydroxyl groups is 1. The molecule has 1 rings (SSSR count). The van der Waals surface area contributed by atoms with Crippen LogP contribution in [-0.2, 0) is 21.8 Å². The first kappa shape index (κ1) is 17.1. The van der Waals surface area contributed by atoms with Gasteiger partial charge in [0, 0.05) is 22.2 Å². The lowest BCUT2D eigenvalue weighted by atomic mass is 9.95. The number of halogens is 2. The first-order valence-corrected chi connectivity index (χ1v) is 7.12. The topological polar surface area (TPSA) is 63.3 Å². The molecule has 0 aliphatic rings. The minimum atomic E-state index is -3.26. The third-order valence-corrected chi connectivity index (χ3v) is 3.87. The molecular weight excluding hydrogens is 284 g/mol. The Labute approximate surface area is 121 Å². The Morgan fingerprint density at radius 1 is 1.40 bits per heavy atom. The third-order valence-electron chi connectivity index (χ3n) is 3.22. The molecule has 112 valence electrons. The molecule has 6 heteroatoms. The SMILES string of the molecule is CC(C)(CC[C@@H](N)c1cccc(C(F)(F)CO)c1)[S+]=O. The van der Waals surface area contributed by atoms with E-state index < -0.39 is 23.3 Å². The van der Waals surface area contributed by atoms with Crippen molar-refractivity contribution in [1.29, 1.82) is 0 Å². The standard InChI is InChI=1S/C14H20F2NO2S/c1-13(2,20-19)7-6-12(17)10-4-3-5-11(8-10)14(15,16)9-18/h3-5,8,12,18H,6-7,9,17H2,1-2H3/q+1/t12-/m1/s1. The molecule has 0 fully saturated rings. The van der Waals surface area contributed by atoms with Crippen molar-refractivity contribution in [3.8, 4) is 0 Å². The smallest absolute Gasteiger partial charge is 0.390 e. The number of alkyl halides is 2. The first-order valence-electron chi connectivity index (χ1n) is 6.37. The van der Waals surface area contributed by atoms with E-state index >= 15 is 0 Å². The van der Waals surface area contributed by atoms with Gasteiger partial charge in [-0.15, -0.1) is 0 Å². The molecule has 1 aromatic rings. The lowest BCUT2D eigenvalue weighted by molar-refractivity contribution is -0.0556. The second-order valence-electron chi connectivity index (χ2n) is 5.48. The fourth-order valence-corrected chi connectivity index (χ4v) is 2.00. The van der Waals surface area contributed by atoms with E-state index in [1.165, 1.54) is 18.2 Å². The lowest BCUT2D eigenvalue weighted by Crippen LogP contribution is -2.22. The zero-order valence-corrected chi connectivity index (χ0v) is 12.4. The highest BCUT2D eigenvalue weighted by Gasteiger charge is 2.33. The molecule has 3 nitrogen and oxygen atoms in total. The largest absolute Gasteiger partial charge is 0.464 e. The highest BCUT2D eigenvalue weighted by Crippen LogP contribution is 2.30. The van der Waals surface area contributed by atoms with Gasteiger partial charge >= 0.3 is 11.7 Å². The van der Waals surface area contributed by atoms with E-state index in [2.05, 4.69) is 0 Å². The van der Waals surface area contributed by atoms with Crippen LogP contribution in [0.2, 0.25) is 0 Å². The number of hydrogen-bond acceptors (Lipinski definition) is 3. The zero-order chi connectivity index (χ0) is 15.4. The number of nitrogens with two attached hydrogens (primary N) is 1. The van der Waals surface area contributed by atoms with Gasteiger partial charge in [0.2, 0.25) is 4.75 Å². The molecule has 0 radical (unpaired) electrons. The van der Waals surface area contributed by atoms with Crippen molar-refractivity contribution >= 4 is 11.7 Å². The van der Waals surface area contributed by atoms with Gasteiger partial charge in [0.1, 0.15) is 6.61 Å². The predicted octanol–water partition coefficient (Wildman–Crippen LogP) is 2.76. The van der Waals surface area contributed by atoms with E-state index in [-0.39, 0.29) is 5.56 Å². The Balaban J connectivity index is 2.82. The fourth-order valence-electron chi connectivity index (χ4n) is 1.80. The van der Waals surface area contributed by atoms with Crippen LogP contribution in [0.1, 0.15) is 43.9 Å². The van der Waals surface area contributed by atoms with E-state index in [1.54, 1.807) is 6.07 Å². The molecule has 0 aliphatic carbocycles. The number of aliphatic hydroxyl groups excluding tert-OH is 1. The summed E-state index contributed by atoms with van der Waals surface area (Å²) in [5.74, 6) is -3.26. The number of hydrogen-bond donors (Lipinski definition) is 2. The van der Waals surface area contributed by atoms with Crippen molar-refractivity contribution in [2.24, 2.45) is 5.73 Å². The van der Waals surface area contributed by atoms with Crippen molar-refractivity contribution in [2.75, 3.05) is 6.61 Å². The molecule has 0 aromatic heterocycles. The summed E-state index contributed by atoms with van der Waals surface area (Å²) in [5.41, 5.74) is 6.33. The quantitative estimate of drug-likeness (QED) is 0.761. The lowest BCUT2D eigenvalue weighted by Gasteiger charge is -2.18. The molecule has 20 heavy (non-hydrogen) atoms. The minimum absolute atomic E-state index is 0.245. The van der Waals surface area contributed by atoms with Gasteiger partial charge in [-0.05, 0) is 31.9 Å². The van der Waals surface area contributed by atoms with Crippen LogP contribution in [0.3, 0.4) is 0 Å². The summed E-state index contributed by atoms with van der Waals surface area (Å²) in [4.78, 5) is 0. The summed E-state index contributed by atoms with van der Waals surface area (Å²) < 4.78 is 37.3. The molecule has 0 bridgehead atoms. The highest BCUT2D eigenvalue weighted by atomic mass is 32.1. The van der Waals surface area contributed by atoms with Gasteiger partial charge in [0.05, 0.1) is 0 Å². The van der Waals surface area contributed by atoms with Gasteiger partial charge in [-0.3, -0.25) is 0 Å². The average molecular weight is 304 g/mol. The normalized spacial score (nSPS) is 14.1. The maximum absolute atomic E-state index is 13.4. The Bertz CT molecular complexity index is 466. The first-order chi connectivity index (χ1) is 9.22. The zero-order valence-electron chi connectivity index (χ0n) is 11.6. The molecule has 1 atom stereocenters. The average Bonchev–Trinajstić information content (AvgIpc) is 2.45. The molecule has 0 aliphatic heterocycles. The highest BCUT2D eigenvalue weighted by molar-refractivity contribution is 7.67. The second-order valence-corrected chi connectivity index (χ2v) is 6.75. The maximum Gasteiger partial charge on any atom is 0.464 e. The van der Waals surface area contributed by atoms with Crippen LogP contribution in [0.4, 0.5) is 8.78 Å². The van der Waals surface area contributed by atoms with Crippen molar-refractivity contribution in [2.45, 2.75) is 43.4 Å². The van der Waals surface area contributed by atoms with E-state index in [9.17, 15) is 13.0 Å². The molecule has 0 spiro atoms. The summed E-state index contributed by atoms with van der Waals surface area (Å²) in [5, 5.41) is 8.70. The van der Waals surface area contributed by atoms with E-state index in [0.717, 1.165) is 0 Å². The van der Waals surface area contributed by atoms with Crippen molar-refractivity contribution < 1.29 is 18.1 Å². The van der Waals surface area contributed by atoms with Crippen LogP contribution in [0.5, 0.6) is 0 Å². The van der Waals surface area contributed by atoms with E-state index in [4.69, 9.17) is 10.8 Å². The minimum Gasteiger partial charge on any atom is -0.390 e. The monoisotopic (exact) mass is 304 g/mol. The van der Waals surface area contributed by atoms with Crippen LogP contribution >= 0.6 is 0 Å². The number of rotatable bonds is 7. The maximum atomic E-state index is 13.4. The van der Waals surface area contributed by atoms with Gasteiger partial charge in [-0.25, -0.2) is 0 Å². The summed E-state index contributed by atoms with van der Waals surface area (Å²) in [6.45, 7) is 2.42. The van der Waals surface area contributed by atoms with Crippen LogP contribution in [0.15, 0.2) is 24.3 Å². The Hall–Kier alpha value is -0.980. The van der Waals surface area contributed by atoms with Gasteiger partial charge in [0.25, 0.3) is 5.92 Å². The third kappa shape index (κ3) is 4.54. The van der Waals surface area contributed by atoms with Crippen molar-refractivity contribution in [3.63, 3.8) is 0 Å². The Morgan fingerprint density at radius 2 is 2.05 bits per heavy atom.